The molecule has 0 aliphatic carbocycles. The van der Waals surface area contributed by atoms with Gasteiger partial charge in [0, 0.05) is 11.6 Å². The Labute approximate surface area is 202 Å². The number of ether oxygens (including phenoxy) is 3. The normalized spacial score (nSPS) is 16.8. The number of carbonyl (C=O) groups excluding carboxylic acids is 1. The van der Waals surface area contributed by atoms with Crippen LogP contribution in [0.4, 0.5) is 28.0 Å². The van der Waals surface area contributed by atoms with Crippen molar-refractivity contribution in [2.24, 2.45) is 5.10 Å². The van der Waals surface area contributed by atoms with Gasteiger partial charge in [-0.1, -0.05) is 36.4 Å². The summed E-state index contributed by atoms with van der Waals surface area (Å²) in [6.07, 6.45) is -8.59. The molecule has 2 aliphatic rings. The average Bonchev–Trinajstić information content (AvgIpc) is 3.52. The van der Waals surface area contributed by atoms with Crippen molar-refractivity contribution in [1.82, 2.24) is 5.01 Å². The molecule has 3 aromatic rings. The monoisotopic (exact) mass is 501 g/mol. The molecule has 3 aromatic carbocycles. The van der Waals surface area contributed by atoms with Gasteiger partial charge in [0.1, 0.15) is 5.75 Å². The molecule has 0 aromatic heterocycles. The van der Waals surface area contributed by atoms with Crippen molar-refractivity contribution in [3.63, 3.8) is 0 Å². The lowest BCUT2D eigenvalue weighted by molar-refractivity contribution is -0.253. The minimum absolute atomic E-state index is 0.140. The van der Waals surface area contributed by atoms with Crippen LogP contribution in [-0.4, -0.2) is 42.6 Å². The second-order valence-corrected chi connectivity index (χ2v) is 8.02. The lowest BCUT2D eigenvalue weighted by atomic mass is 9.90. The minimum Gasteiger partial charge on any atom is -0.454 e. The van der Waals surface area contributed by atoms with Crippen LogP contribution >= 0.6 is 0 Å². The van der Waals surface area contributed by atoms with Crippen LogP contribution in [0.15, 0.2) is 77.9 Å². The van der Waals surface area contributed by atoms with Crippen LogP contribution in [0.25, 0.3) is 0 Å². The summed E-state index contributed by atoms with van der Waals surface area (Å²) in [4.78, 5) is 13.0. The molecule has 1 atom stereocenters. The van der Waals surface area contributed by atoms with Gasteiger partial charge in [-0.15, -0.1) is 0 Å². The fourth-order valence-corrected chi connectivity index (χ4v) is 3.89. The van der Waals surface area contributed by atoms with Crippen molar-refractivity contribution >= 4 is 17.4 Å². The quantitative estimate of drug-likeness (QED) is 0.441. The molecule has 36 heavy (non-hydrogen) atoms. The van der Waals surface area contributed by atoms with E-state index < -0.39 is 24.3 Å². The average molecular weight is 501 g/mol. The number of anilines is 1. The summed E-state index contributed by atoms with van der Waals surface area (Å²) in [6, 6.07) is 19.1. The lowest BCUT2D eigenvalue weighted by Crippen LogP contribution is -2.33. The molecule has 0 saturated carbocycles. The van der Waals surface area contributed by atoms with Crippen molar-refractivity contribution in [3.8, 4) is 17.2 Å². The van der Waals surface area contributed by atoms with E-state index >= 15 is 0 Å². The van der Waals surface area contributed by atoms with Crippen LogP contribution in [0.3, 0.4) is 0 Å². The highest BCUT2D eigenvalue weighted by molar-refractivity contribution is 6.07. The zero-order chi connectivity index (χ0) is 25.3. The highest BCUT2D eigenvalue weighted by atomic mass is 19.3. The fourth-order valence-electron chi connectivity index (χ4n) is 3.89. The number of nitrogens with one attached hydrogen (secondary N) is 1. The van der Waals surface area contributed by atoms with Gasteiger partial charge < -0.3 is 19.5 Å². The predicted octanol–water partition coefficient (Wildman–Crippen LogP) is 5.69. The van der Waals surface area contributed by atoms with Crippen LogP contribution in [-0.2, 0) is 0 Å². The van der Waals surface area contributed by atoms with Gasteiger partial charge in [0.05, 0.1) is 12.3 Å². The van der Waals surface area contributed by atoms with E-state index in [-0.39, 0.29) is 24.9 Å². The summed E-state index contributed by atoms with van der Waals surface area (Å²) in [5.41, 5.74) is 2.66. The first-order valence-electron chi connectivity index (χ1n) is 10.9. The van der Waals surface area contributed by atoms with Crippen LogP contribution in [0.1, 0.15) is 17.0 Å². The molecule has 1 N–H and O–H groups in total. The molecule has 0 fully saturated rings. The maximum absolute atomic E-state index is 13.1. The number of hydrogen-bond donors (Lipinski definition) is 1. The van der Waals surface area contributed by atoms with Crippen LogP contribution in [0, 0.1) is 0 Å². The first-order chi connectivity index (χ1) is 17.3. The van der Waals surface area contributed by atoms with E-state index in [9.17, 15) is 22.4 Å². The standard InChI is InChI=1S/C25H19F4N3O4/c26-23(27)25(28,29)36-18-9-7-17(8-10-18)30-24(33)32-13-19(22(31-32)15-4-2-1-3-5-15)16-6-11-20-21(12-16)35-14-34-20/h1-12,19,23H,13-14H2,(H,30,33). The second kappa shape index (κ2) is 9.40. The van der Waals surface area contributed by atoms with Crippen LogP contribution in [0.5, 0.6) is 17.2 Å². The molecular weight excluding hydrogens is 482 g/mol. The SMILES string of the molecule is O=C(Nc1ccc(OC(F)(F)C(F)F)cc1)N1CC(c2ccc3c(c2)OCO3)C(c2ccccc2)=N1. The lowest BCUT2D eigenvalue weighted by Gasteiger charge is -2.18. The molecule has 0 saturated heterocycles. The summed E-state index contributed by atoms with van der Waals surface area (Å²) in [5.74, 6) is 0.539. The maximum Gasteiger partial charge on any atom is 0.461 e. The number of alkyl halides is 4. The molecule has 2 heterocycles. The Morgan fingerprint density at radius 2 is 1.75 bits per heavy atom. The van der Waals surface area contributed by atoms with Gasteiger partial charge in [-0.05, 0) is 47.5 Å². The van der Waals surface area contributed by atoms with E-state index in [1.807, 2.05) is 48.5 Å². The Morgan fingerprint density at radius 1 is 1.03 bits per heavy atom. The number of halogens is 4. The molecule has 2 aliphatic heterocycles. The third-order valence-corrected chi connectivity index (χ3v) is 5.63. The van der Waals surface area contributed by atoms with E-state index in [4.69, 9.17) is 9.47 Å². The summed E-state index contributed by atoms with van der Waals surface area (Å²) in [5, 5.41) is 8.45. The number of fused-ring (bicyclic) bond motifs is 1. The second-order valence-electron chi connectivity index (χ2n) is 8.02. The number of nitrogens with zero attached hydrogens (tertiary/aromatic N) is 2. The molecule has 5 rings (SSSR count). The van der Waals surface area contributed by atoms with Gasteiger partial charge in [0.25, 0.3) is 0 Å². The highest BCUT2D eigenvalue weighted by Gasteiger charge is 2.44. The number of carbonyl (C=O) groups is 1. The van der Waals surface area contributed by atoms with Gasteiger partial charge >= 0.3 is 18.6 Å². The third-order valence-electron chi connectivity index (χ3n) is 5.63. The van der Waals surface area contributed by atoms with Gasteiger partial charge in [0.15, 0.2) is 11.5 Å². The van der Waals surface area contributed by atoms with E-state index in [2.05, 4.69) is 15.2 Å². The van der Waals surface area contributed by atoms with E-state index in [0.29, 0.717) is 17.2 Å². The number of rotatable bonds is 6. The Balaban J connectivity index is 1.34. The molecule has 2 amide bonds. The van der Waals surface area contributed by atoms with E-state index in [1.54, 1.807) is 0 Å². The summed E-state index contributed by atoms with van der Waals surface area (Å²) < 4.78 is 65.8. The number of hydrogen-bond acceptors (Lipinski definition) is 5. The van der Waals surface area contributed by atoms with Gasteiger partial charge in [-0.2, -0.15) is 22.7 Å². The van der Waals surface area contributed by atoms with Crippen molar-refractivity contribution in [2.75, 3.05) is 18.7 Å². The zero-order valence-corrected chi connectivity index (χ0v) is 18.5. The smallest absolute Gasteiger partial charge is 0.454 e. The number of amides is 2. The van der Waals surface area contributed by atoms with Crippen molar-refractivity contribution < 1.29 is 36.6 Å². The van der Waals surface area contributed by atoms with E-state index in [0.717, 1.165) is 23.3 Å². The zero-order valence-electron chi connectivity index (χ0n) is 18.5. The van der Waals surface area contributed by atoms with Gasteiger partial charge in [-0.25, -0.2) is 9.80 Å². The molecular formula is C25H19F4N3O4. The van der Waals surface area contributed by atoms with Crippen molar-refractivity contribution in [3.05, 3.63) is 83.9 Å². The number of urea groups is 1. The summed E-state index contributed by atoms with van der Waals surface area (Å²) >= 11 is 0. The first kappa shape index (κ1) is 23.5. The third kappa shape index (κ3) is 4.77. The van der Waals surface area contributed by atoms with Crippen molar-refractivity contribution in [2.45, 2.75) is 18.5 Å². The molecule has 0 spiro atoms. The Hall–Kier alpha value is -4.28. The topological polar surface area (TPSA) is 72.4 Å². The molecule has 1 unspecified atom stereocenters. The number of hydrazone groups is 1. The highest BCUT2D eigenvalue weighted by Crippen LogP contribution is 2.37. The molecule has 7 nitrogen and oxygen atoms in total. The molecule has 0 radical (unpaired) electrons. The largest absolute Gasteiger partial charge is 0.461 e. The Morgan fingerprint density at radius 3 is 2.47 bits per heavy atom. The molecule has 11 heteroatoms. The summed E-state index contributed by atoms with van der Waals surface area (Å²) in [7, 11) is 0. The predicted molar refractivity (Wildman–Crippen MR) is 122 cm³/mol. The summed E-state index contributed by atoms with van der Waals surface area (Å²) in [6.45, 7) is 0.374. The molecule has 186 valence electrons. The number of benzene rings is 3. The molecule has 0 bridgehead atoms. The Bertz CT molecular complexity index is 1290. The Kier molecular flexibility index (Phi) is 6.13. The van der Waals surface area contributed by atoms with Crippen LogP contribution < -0.4 is 19.5 Å². The van der Waals surface area contributed by atoms with Gasteiger partial charge in [-0.3, -0.25) is 0 Å². The fraction of sp³-hybridized carbons (Fsp3) is 0.200. The van der Waals surface area contributed by atoms with Gasteiger partial charge in [0.2, 0.25) is 6.79 Å². The van der Waals surface area contributed by atoms with E-state index in [1.165, 1.54) is 17.1 Å². The maximum atomic E-state index is 13.1. The van der Waals surface area contributed by atoms with Crippen molar-refractivity contribution in [1.29, 1.82) is 0 Å². The first-order valence-corrected chi connectivity index (χ1v) is 10.9. The minimum atomic E-state index is -4.62. The van der Waals surface area contributed by atoms with Crippen LogP contribution in [0.2, 0.25) is 0 Å².